The van der Waals surface area contributed by atoms with Gasteiger partial charge in [0.25, 0.3) is 5.91 Å². The van der Waals surface area contributed by atoms with E-state index in [4.69, 9.17) is 16.0 Å². The van der Waals surface area contributed by atoms with Crippen LogP contribution in [0.15, 0.2) is 28.9 Å². The minimum absolute atomic E-state index is 0.0190. The molecule has 0 aliphatic carbocycles. The van der Waals surface area contributed by atoms with Gasteiger partial charge in [0.2, 0.25) is 0 Å². The van der Waals surface area contributed by atoms with Crippen LogP contribution in [-0.2, 0) is 6.54 Å². The van der Waals surface area contributed by atoms with E-state index in [0.717, 1.165) is 25.9 Å². The maximum Gasteiger partial charge on any atom is 0.289 e. The summed E-state index contributed by atoms with van der Waals surface area (Å²) in [6.07, 6.45) is 6.64. The number of carbonyl (C=O) groups is 1. The van der Waals surface area contributed by atoms with Crippen molar-refractivity contribution in [1.29, 1.82) is 0 Å². The third-order valence-electron chi connectivity index (χ3n) is 3.44. The largest absolute Gasteiger partial charge is 0.454 e. The van der Waals surface area contributed by atoms with Gasteiger partial charge in [-0.25, -0.2) is 0 Å². The number of piperidine rings is 1. The van der Waals surface area contributed by atoms with E-state index in [1.54, 1.807) is 23.1 Å². The molecule has 0 spiro atoms. The number of rotatable bonds is 3. The Balaban J connectivity index is 1.68. The molecule has 0 unspecified atom stereocenters. The second-order valence-corrected chi connectivity index (χ2v) is 5.41. The summed E-state index contributed by atoms with van der Waals surface area (Å²) < 4.78 is 7.29. The van der Waals surface area contributed by atoms with E-state index in [2.05, 4.69) is 5.10 Å². The topological polar surface area (TPSA) is 51.3 Å². The van der Waals surface area contributed by atoms with E-state index >= 15 is 0 Å². The van der Waals surface area contributed by atoms with Crippen molar-refractivity contribution >= 4 is 17.5 Å². The third-order valence-corrected chi connectivity index (χ3v) is 3.63. The lowest BCUT2D eigenvalue weighted by Crippen LogP contribution is -2.35. The molecule has 0 radical (unpaired) electrons. The number of amides is 1. The minimum Gasteiger partial charge on any atom is -0.454 e. The highest BCUT2D eigenvalue weighted by molar-refractivity contribution is 6.30. The van der Waals surface area contributed by atoms with Gasteiger partial charge in [0.1, 0.15) is 5.76 Å². The second-order valence-electron chi connectivity index (χ2n) is 4.97. The minimum atomic E-state index is -0.0190. The summed E-state index contributed by atoms with van der Waals surface area (Å²) in [4.78, 5) is 14.1. The van der Waals surface area contributed by atoms with Gasteiger partial charge in [0, 0.05) is 19.3 Å². The first-order valence-corrected chi connectivity index (χ1v) is 7.16. The number of aromatic nitrogens is 2. The number of nitrogens with zero attached hydrogens (tertiary/aromatic N) is 3. The molecule has 3 heterocycles. The van der Waals surface area contributed by atoms with Crippen LogP contribution < -0.4 is 0 Å². The van der Waals surface area contributed by atoms with Gasteiger partial charge in [-0.05, 0) is 31.4 Å². The normalized spacial score (nSPS) is 15.6. The van der Waals surface area contributed by atoms with E-state index < -0.39 is 0 Å². The van der Waals surface area contributed by atoms with Gasteiger partial charge in [-0.3, -0.25) is 9.48 Å². The van der Waals surface area contributed by atoms with Crippen LogP contribution in [0.4, 0.5) is 0 Å². The molecule has 3 rings (SSSR count). The number of carbonyl (C=O) groups excluding carboxylic acids is 1. The van der Waals surface area contributed by atoms with Crippen molar-refractivity contribution in [2.24, 2.45) is 0 Å². The zero-order chi connectivity index (χ0) is 13.9. The number of halogens is 1. The van der Waals surface area contributed by atoms with Gasteiger partial charge in [-0.2, -0.15) is 5.10 Å². The quantitative estimate of drug-likeness (QED) is 0.874. The van der Waals surface area contributed by atoms with Crippen LogP contribution in [0, 0.1) is 0 Å². The van der Waals surface area contributed by atoms with Crippen LogP contribution in [0.3, 0.4) is 0 Å². The lowest BCUT2D eigenvalue weighted by molar-refractivity contribution is 0.0690. The molecule has 1 fully saturated rings. The van der Waals surface area contributed by atoms with Crippen molar-refractivity contribution in [2.45, 2.75) is 25.8 Å². The maximum absolute atomic E-state index is 12.3. The molecule has 2 aromatic heterocycles. The molecule has 0 N–H and O–H groups in total. The maximum atomic E-state index is 12.3. The molecule has 0 aromatic carbocycles. The molecule has 6 heteroatoms. The van der Waals surface area contributed by atoms with Gasteiger partial charge >= 0.3 is 0 Å². The Bertz CT molecular complexity index is 599. The fraction of sp³-hybridized carbons (Fsp3) is 0.429. The molecular formula is C14H16ClN3O2. The van der Waals surface area contributed by atoms with E-state index in [0.29, 0.717) is 23.1 Å². The molecule has 5 nitrogen and oxygen atoms in total. The Labute approximate surface area is 122 Å². The van der Waals surface area contributed by atoms with Crippen molar-refractivity contribution in [3.05, 3.63) is 41.1 Å². The average Bonchev–Trinajstić information content (AvgIpc) is 3.09. The monoisotopic (exact) mass is 293 g/mol. The third kappa shape index (κ3) is 2.88. The first-order chi connectivity index (χ1) is 9.72. The smallest absolute Gasteiger partial charge is 0.289 e. The van der Waals surface area contributed by atoms with E-state index in [1.807, 2.05) is 11.0 Å². The number of hydrogen-bond donors (Lipinski definition) is 0. The predicted octanol–water partition coefficient (Wildman–Crippen LogP) is 2.80. The van der Waals surface area contributed by atoms with Crippen molar-refractivity contribution < 1.29 is 9.21 Å². The molecular weight excluding hydrogens is 278 g/mol. The van der Waals surface area contributed by atoms with Crippen molar-refractivity contribution in [3.8, 4) is 0 Å². The lowest BCUT2D eigenvalue weighted by atomic mass is 10.1. The Morgan fingerprint density at radius 3 is 2.80 bits per heavy atom. The van der Waals surface area contributed by atoms with Crippen molar-refractivity contribution in [1.82, 2.24) is 14.7 Å². The first kappa shape index (κ1) is 13.2. The Hall–Kier alpha value is -1.75. The van der Waals surface area contributed by atoms with Gasteiger partial charge in [0.15, 0.2) is 5.76 Å². The fourth-order valence-corrected chi connectivity index (χ4v) is 2.57. The van der Waals surface area contributed by atoms with Crippen LogP contribution in [0.1, 0.15) is 35.6 Å². The fourth-order valence-electron chi connectivity index (χ4n) is 2.42. The van der Waals surface area contributed by atoms with E-state index in [1.165, 1.54) is 6.42 Å². The van der Waals surface area contributed by atoms with Crippen LogP contribution in [0.5, 0.6) is 0 Å². The molecule has 1 aliphatic rings. The summed E-state index contributed by atoms with van der Waals surface area (Å²) in [5.74, 6) is 1.08. The predicted molar refractivity (Wildman–Crippen MR) is 74.8 cm³/mol. The standard InChI is InChI=1S/C14H16ClN3O2/c15-11-8-16-18(9-11)10-12-4-5-13(20-12)14(19)17-6-2-1-3-7-17/h4-5,8-9H,1-3,6-7,10H2. The SMILES string of the molecule is O=C(c1ccc(Cn2cc(Cl)cn2)o1)N1CCCCC1. The van der Waals surface area contributed by atoms with Crippen molar-refractivity contribution in [2.75, 3.05) is 13.1 Å². The summed E-state index contributed by atoms with van der Waals surface area (Å²) >= 11 is 5.81. The first-order valence-electron chi connectivity index (χ1n) is 6.78. The molecule has 1 amide bonds. The molecule has 0 bridgehead atoms. The van der Waals surface area contributed by atoms with Gasteiger partial charge < -0.3 is 9.32 Å². The molecule has 2 aromatic rings. The molecule has 20 heavy (non-hydrogen) atoms. The van der Waals surface area contributed by atoms with Crippen molar-refractivity contribution in [3.63, 3.8) is 0 Å². The zero-order valence-corrected chi connectivity index (χ0v) is 11.8. The zero-order valence-electron chi connectivity index (χ0n) is 11.1. The van der Waals surface area contributed by atoms with E-state index in [-0.39, 0.29) is 5.91 Å². The molecule has 0 saturated carbocycles. The van der Waals surface area contributed by atoms with Gasteiger partial charge in [0.05, 0.1) is 17.8 Å². The van der Waals surface area contributed by atoms with Gasteiger partial charge in [-0.1, -0.05) is 11.6 Å². The summed E-state index contributed by atoms with van der Waals surface area (Å²) in [5, 5.41) is 4.67. The summed E-state index contributed by atoms with van der Waals surface area (Å²) in [7, 11) is 0. The molecule has 106 valence electrons. The molecule has 1 aliphatic heterocycles. The van der Waals surface area contributed by atoms with Crippen LogP contribution in [0.25, 0.3) is 0 Å². The highest BCUT2D eigenvalue weighted by Crippen LogP contribution is 2.16. The summed E-state index contributed by atoms with van der Waals surface area (Å²) in [5.41, 5.74) is 0. The Kier molecular flexibility index (Phi) is 3.78. The lowest BCUT2D eigenvalue weighted by Gasteiger charge is -2.25. The highest BCUT2D eigenvalue weighted by Gasteiger charge is 2.21. The molecule has 1 saturated heterocycles. The van der Waals surface area contributed by atoms with Crippen LogP contribution >= 0.6 is 11.6 Å². The Morgan fingerprint density at radius 1 is 1.30 bits per heavy atom. The second kappa shape index (κ2) is 5.71. The molecule has 0 atom stereocenters. The average molecular weight is 294 g/mol. The highest BCUT2D eigenvalue weighted by atomic mass is 35.5. The number of furan rings is 1. The number of hydrogen-bond acceptors (Lipinski definition) is 3. The number of likely N-dealkylation sites (tertiary alicyclic amines) is 1. The van der Waals surface area contributed by atoms with Gasteiger partial charge in [-0.15, -0.1) is 0 Å². The summed E-state index contributed by atoms with van der Waals surface area (Å²) in [6, 6.07) is 3.55. The Morgan fingerprint density at radius 2 is 2.10 bits per heavy atom. The van der Waals surface area contributed by atoms with Crippen LogP contribution in [-0.4, -0.2) is 33.7 Å². The van der Waals surface area contributed by atoms with Crippen LogP contribution in [0.2, 0.25) is 5.02 Å². The van der Waals surface area contributed by atoms with E-state index in [9.17, 15) is 4.79 Å². The summed E-state index contributed by atoms with van der Waals surface area (Å²) in [6.45, 7) is 2.12.